The first-order valence-corrected chi connectivity index (χ1v) is 5.21. The van der Waals surface area contributed by atoms with Crippen LogP contribution in [-0.2, 0) is 6.42 Å². The molecule has 0 amide bonds. The lowest BCUT2D eigenvalue weighted by Crippen LogP contribution is -2.36. The number of aromatic nitrogens is 1. The van der Waals surface area contributed by atoms with E-state index in [2.05, 4.69) is 11.1 Å². The van der Waals surface area contributed by atoms with E-state index in [1.54, 1.807) is 6.20 Å². The van der Waals surface area contributed by atoms with Crippen molar-refractivity contribution >= 4 is 23.1 Å². The van der Waals surface area contributed by atoms with Crippen molar-refractivity contribution in [2.75, 3.05) is 11.4 Å². The minimum Gasteiger partial charge on any atom is -0.376 e. The minimum atomic E-state index is 0.423. The molecule has 0 spiro atoms. The van der Waals surface area contributed by atoms with E-state index in [1.807, 2.05) is 11.0 Å². The second-order valence-electron chi connectivity index (χ2n) is 3.43. The summed E-state index contributed by atoms with van der Waals surface area (Å²) in [6.07, 6.45) is 5.16. The van der Waals surface area contributed by atoms with Gasteiger partial charge in [-0.3, -0.25) is 0 Å². The van der Waals surface area contributed by atoms with Crippen molar-refractivity contribution in [3.8, 4) is 0 Å². The fourth-order valence-corrected chi connectivity index (χ4v) is 1.95. The van der Waals surface area contributed by atoms with Crippen molar-refractivity contribution in [2.45, 2.75) is 19.3 Å². The average molecular weight is 207 g/mol. The molecule has 0 atom stereocenters. The zero-order valence-electron chi connectivity index (χ0n) is 7.94. The third-order valence-electron chi connectivity index (χ3n) is 2.47. The highest BCUT2D eigenvalue weighted by Gasteiger charge is 2.17. The highest BCUT2D eigenvalue weighted by atomic mass is 32.1. The van der Waals surface area contributed by atoms with Gasteiger partial charge in [0.1, 0.15) is 5.82 Å². The van der Waals surface area contributed by atoms with Crippen LogP contribution >= 0.6 is 12.2 Å². The Morgan fingerprint density at radius 3 is 3.14 bits per heavy atom. The van der Waals surface area contributed by atoms with E-state index in [9.17, 15) is 0 Å². The summed E-state index contributed by atoms with van der Waals surface area (Å²) < 4.78 is 0. The molecule has 2 N–H and O–H groups in total. The zero-order chi connectivity index (χ0) is 9.97. The molecule has 0 aromatic carbocycles. The summed E-state index contributed by atoms with van der Waals surface area (Å²) >= 11 is 5.02. The molecule has 0 unspecified atom stereocenters. The molecule has 0 radical (unpaired) electrons. The number of anilines is 1. The van der Waals surface area contributed by atoms with Gasteiger partial charge >= 0.3 is 0 Å². The SMILES string of the molecule is NC(=S)N1CCCCc2cccnc21. The molecule has 74 valence electrons. The fourth-order valence-electron chi connectivity index (χ4n) is 1.77. The van der Waals surface area contributed by atoms with Crippen molar-refractivity contribution in [3.05, 3.63) is 23.9 Å². The second-order valence-corrected chi connectivity index (χ2v) is 3.85. The van der Waals surface area contributed by atoms with Gasteiger partial charge in [0.25, 0.3) is 0 Å². The van der Waals surface area contributed by atoms with Gasteiger partial charge < -0.3 is 10.6 Å². The van der Waals surface area contributed by atoms with E-state index >= 15 is 0 Å². The van der Waals surface area contributed by atoms with Gasteiger partial charge in [0.05, 0.1) is 0 Å². The number of aryl methyl sites for hydroxylation is 1. The van der Waals surface area contributed by atoms with Crippen LogP contribution in [0, 0.1) is 0 Å². The topological polar surface area (TPSA) is 42.1 Å². The van der Waals surface area contributed by atoms with Gasteiger partial charge in [-0.2, -0.15) is 0 Å². The van der Waals surface area contributed by atoms with Crippen LogP contribution in [0.3, 0.4) is 0 Å². The Bertz CT molecular complexity index is 351. The molecule has 0 saturated heterocycles. The van der Waals surface area contributed by atoms with Gasteiger partial charge in [0.2, 0.25) is 0 Å². The number of thiocarbonyl (C=S) groups is 1. The lowest BCUT2D eigenvalue weighted by atomic mass is 10.1. The average Bonchev–Trinajstić information content (AvgIpc) is 2.39. The molecule has 2 rings (SSSR count). The number of pyridine rings is 1. The Hall–Kier alpha value is -1.16. The van der Waals surface area contributed by atoms with E-state index in [4.69, 9.17) is 18.0 Å². The van der Waals surface area contributed by atoms with Crippen molar-refractivity contribution in [1.29, 1.82) is 0 Å². The Labute approximate surface area is 88.9 Å². The monoisotopic (exact) mass is 207 g/mol. The Kier molecular flexibility index (Phi) is 2.63. The highest BCUT2D eigenvalue weighted by molar-refractivity contribution is 7.80. The van der Waals surface area contributed by atoms with Gasteiger partial charge in [0.15, 0.2) is 5.11 Å². The lowest BCUT2D eigenvalue weighted by molar-refractivity contribution is 0.766. The quantitative estimate of drug-likeness (QED) is 0.654. The van der Waals surface area contributed by atoms with Crippen LogP contribution < -0.4 is 10.6 Å². The molecule has 1 aliphatic heterocycles. The third-order valence-corrected chi connectivity index (χ3v) is 2.69. The summed E-state index contributed by atoms with van der Waals surface area (Å²) in [5, 5.41) is 0.423. The van der Waals surface area contributed by atoms with Crippen LogP contribution in [0.1, 0.15) is 18.4 Å². The third kappa shape index (κ3) is 1.70. The van der Waals surface area contributed by atoms with Crippen LogP contribution in [0.25, 0.3) is 0 Å². The van der Waals surface area contributed by atoms with Crippen LogP contribution in [-0.4, -0.2) is 16.6 Å². The minimum absolute atomic E-state index is 0.423. The Balaban J connectivity index is 2.42. The van der Waals surface area contributed by atoms with Crippen LogP contribution in [0.15, 0.2) is 18.3 Å². The number of hydrogen-bond acceptors (Lipinski definition) is 2. The molecule has 0 fully saturated rings. The van der Waals surface area contributed by atoms with E-state index in [-0.39, 0.29) is 0 Å². The lowest BCUT2D eigenvalue weighted by Gasteiger charge is -2.21. The maximum Gasteiger partial charge on any atom is 0.171 e. The Morgan fingerprint density at radius 1 is 1.50 bits per heavy atom. The molecule has 0 bridgehead atoms. The predicted molar refractivity (Wildman–Crippen MR) is 61.3 cm³/mol. The zero-order valence-corrected chi connectivity index (χ0v) is 8.76. The first kappa shape index (κ1) is 9.40. The van der Waals surface area contributed by atoms with Gasteiger partial charge in [0, 0.05) is 12.7 Å². The van der Waals surface area contributed by atoms with Crippen LogP contribution in [0.2, 0.25) is 0 Å². The standard InChI is InChI=1S/C10H13N3S/c11-10(14)13-7-2-1-4-8-5-3-6-12-9(8)13/h3,5-6H,1-2,4,7H2,(H2,11,14). The van der Waals surface area contributed by atoms with Gasteiger partial charge in [-0.05, 0) is 43.1 Å². The Morgan fingerprint density at radius 2 is 2.36 bits per heavy atom. The number of rotatable bonds is 0. The van der Waals surface area contributed by atoms with Gasteiger partial charge in [-0.1, -0.05) is 6.07 Å². The maximum atomic E-state index is 5.67. The summed E-state index contributed by atoms with van der Waals surface area (Å²) in [6, 6.07) is 4.06. The van der Waals surface area contributed by atoms with Gasteiger partial charge in [-0.25, -0.2) is 4.98 Å². The molecule has 14 heavy (non-hydrogen) atoms. The van der Waals surface area contributed by atoms with E-state index in [0.29, 0.717) is 5.11 Å². The molecule has 1 aromatic heterocycles. The summed E-state index contributed by atoms with van der Waals surface area (Å²) in [5.41, 5.74) is 6.92. The van der Waals surface area contributed by atoms with Crippen LogP contribution in [0.4, 0.5) is 5.82 Å². The largest absolute Gasteiger partial charge is 0.376 e. The molecule has 0 saturated carbocycles. The second kappa shape index (κ2) is 3.92. The molecular weight excluding hydrogens is 194 g/mol. The smallest absolute Gasteiger partial charge is 0.171 e. The molecule has 2 heterocycles. The summed E-state index contributed by atoms with van der Waals surface area (Å²) in [5.74, 6) is 0.942. The molecular formula is C10H13N3S. The molecule has 4 heteroatoms. The molecule has 1 aliphatic rings. The molecule has 3 nitrogen and oxygen atoms in total. The van der Waals surface area contributed by atoms with Crippen molar-refractivity contribution in [3.63, 3.8) is 0 Å². The van der Waals surface area contributed by atoms with Gasteiger partial charge in [-0.15, -0.1) is 0 Å². The van der Waals surface area contributed by atoms with E-state index in [0.717, 1.165) is 25.2 Å². The van der Waals surface area contributed by atoms with Crippen molar-refractivity contribution < 1.29 is 0 Å². The first-order chi connectivity index (χ1) is 6.79. The van der Waals surface area contributed by atoms with E-state index < -0.39 is 0 Å². The van der Waals surface area contributed by atoms with Crippen molar-refractivity contribution in [1.82, 2.24) is 4.98 Å². The predicted octanol–water partition coefficient (Wildman–Crippen LogP) is 1.47. The molecule has 1 aromatic rings. The summed E-state index contributed by atoms with van der Waals surface area (Å²) in [7, 11) is 0. The number of nitrogens with zero attached hydrogens (tertiary/aromatic N) is 2. The van der Waals surface area contributed by atoms with Crippen LogP contribution in [0.5, 0.6) is 0 Å². The summed E-state index contributed by atoms with van der Waals surface area (Å²) in [6.45, 7) is 0.888. The fraction of sp³-hybridized carbons (Fsp3) is 0.400. The molecule has 0 aliphatic carbocycles. The normalized spacial score (nSPS) is 15.9. The maximum absolute atomic E-state index is 5.67. The number of nitrogens with two attached hydrogens (primary N) is 1. The first-order valence-electron chi connectivity index (χ1n) is 4.80. The number of fused-ring (bicyclic) bond motifs is 1. The summed E-state index contributed by atoms with van der Waals surface area (Å²) in [4.78, 5) is 6.27. The van der Waals surface area contributed by atoms with E-state index in [1.165, 1.54) is 12.0 Å². The highest BCUT2D eigenvalue weighted by Crippen LogP contribution is 2.23. The van der Waals surface area contributed by atoms with Crippen molar-refractivity contribution in [2.24, 2.45) is 5.73 Å². The number of hydrogen-bond donors (Lipinski definition) is 1.